The zero-order chi connectivity index (χ0) is 33.1. The molecule has 0 N–H and O–H groups in total. The van der Waals surface area contributed by atoms with E-state index in [2.05, 4.69) is 147 Å². The summed E-state index contributed by atoms with van der Waals surface area (Å²) in [6.45, 7) is 4.48. The number of benzene rings is 7. The zero-order valence-electron chi connectivity index (χ0n) is 27.1. The van der Waals surface area contributed by atoms with Crippen LogP contribution >= 0.6 is 0 Å². The monoisotopic (exact) mass is 626 g/mol. The van der Waals surface area contributed by atoms with Crippen molar-refractivity contribution in [2.75, 3.05) is 0 Å². The molecule has 4 heteroatoms. The molecule has 0 aliphatic heterocycles. The molecule has 230 valence electrons. The average molecular weight is 627 g/mol. The maximum Gasteiger partial charge on any atom is 0.164 e. The molecule has 0 saturated carbocycles. The lowest BCUT2D eigenvalue weighted by Gasteiger charge is -2.22. The van der Waals surface area contributed by atoms with Crippen molar-refractivity contribution in [1.29, 1.82) is 5.26 Å². The van der Waals surface area contributed by atoms with Crippen molar-refractivity contribution in [3.05, 3.63) is 162 Å². The summed E-state index contributed by atoms with van der Waals surface area (Å²) in [5, 5.41) is 14.2. The molecule has 0 spiro atoms. The van der Waals surface area contributed by atoms with Crippen molar-refractivity contribution < 1.29 is 0 Å². The van der Waals surface area contributed by atoms with E-state index in [-0.39, 0.29) is 5.41 Å². The van der Waals surface area contributed by atoms with Crippen LogP contribution in [-0.2, 0) is 5.41 Å². The van der Waals surface area contributed by atoms with E-state index in [4.69, 9.17) is 15.0 Å². The Morgan fingerprint density at radius 1 is 0.429 bits per heavy atom. The molecule has 0 atom stereocenters. The van der Waals surface area contributed by atoms with Crippen LogP contribution in [0.5, 0.6) is 0 Å². The van der Waals surface area contributed by atoms with Crippen molar-refractivity contribution in [3.8, 4) is 62.5 Å². The van der Waals surface area contributed by atoms with Gasteiger partial charge in [0.05, 0.1) is 11.6 Å². The topological polar surface area (TPSA) is 62.5 Å². The molecule has 1 aromatic heterocycles. The van der Waals surface area contributed by atoms with Crippen molar-refractivity contribution >= 4 is 21.5 Å². The molecule has 1 aliphatic rings. The van der Waals surface area contributed by atoms with Gasteiger partial charge >= 0.3 is 0 Å². The molecule has 1 heterocycles. The number of aromatic nitrogens is 3. The van der Waals surface area contributed by atoms with Crippen LogP contribution < -0.4 is 0 Å². The molecule has 0 amide bonds. The Kier molecular flexibility index (Phi) is 6.50. The van der Waals surface area contributed by atoms with Crippen molar-refractivity contribution in [2.45, 2.75) is 19.3 Å². The highest BCUT2D eigenvalue weighted by molar-refractivity contribution is 5.90. The lowest BCUT2D eigenvalue weighted by atomic mass is 9.81. The van der Waals surface area contributed by atoms with E-state index in [0.717, 1.165) is 38.6 Å². The molecule has 8 aromatic rings. The minimum Gasteiger partial charge on any atom is -0.208 e. The van der Waals surface area contributed by atoms with Crippen molar-refractivity contribution in [3.63, 3.8) is 0 Å². The predicted molar refractivity (Wildman–Crippen MR) is 199 cm³/mol. The van der Waals surface area contributed by atoms with E-state index in [1.807, 2.05) is 18.2 Å². The van der Waals surface area contributed by atoms with Gasteiger partial charge in [-0.3, -0.25) is 0 Å². The predicted octanol–water partition coefficient (Wildman–Crippen LogP) is 11.0. The number of hydrogen-bond acceptors (Lipinski definition) is 4. The second-order valence-corrected chi connectivity index (χ2v) is 13.2. The van der Waals surface area contributed by atoms with E-state index in [1.165, 1.54) is 33.0 Å². The van der Waals surface area contributed by atoms with Crippen molar-refractivity contribution in [2.24, 2.45) is 0 Å². The van der Waals surface area contributed by atoms with Gasteiger partial charge in [0.1, 0.15) is 0 Å². The molecular weight excluding hydrogens is 597 g/mol. The SMILES string of the molecule is CC1(C)c2cc(C#N)ccc2-c2ccc(-c3ccccc3-c3nc(-c4ccc5ccccc5c4)nc(-c4ccc5ccccc5c4)n3)cc21. The van der Waals surface area contributed by atoms with E-state index in [1.54, 1.807) is 0 Å². The number of hydrogen-bond donors (Lipinski definition) is 0. The van der Waals surface area contributed by atoms with Gasteiger partial charge in [-0.25, -0.2) is 15.0 Å². The van der Waals surface area contributed by atoms with Crippen LogP contribution in [-0.4, -0.2) is 15.0 Å². The standard InChI is InChI=1S/C45H30N4/c1-45(2)40-23-28(27-46)15-21-37(40)38-22-20-33(26-41(38)45)36-13-7-8-14-39(36)44-48-42(34-18-16-29-9-3-5-11-31(29)24-34)47-43(49-44)35-19-17-30-10-4-6-12-32(30)25-35/h3-26H,1-2H3. The fourth-order valence-electron chi connectivity index (χ4n) is 7.32. The van der Waals surface area contributed by atoms with Gasteiger partial charge in [0, 0.05) is 22.1 Å². The summed E-state index contributed by atoms with van der Waals surface area (Å²) < 4.78 is 0. The molecule has 0 radical (unpaired) electrons. The summed E-state index contributed by atoms with van der Waals surface area (Å²) in [4.78, 5) is 15.4. The average Bonchev–Trinajstić information content (AvgIpc) is 3.39. The molecule has 9 rings (SSSR count). The molecule has 0 fully saturated rings. The van der Waals surface area contributed by atoms with Crippen LogP contribution in [0, 0.1) is 11.3 Å². The molecule has 7 aromatic carbocycles. The Labute approximate surface area is 285 Å². The van der Waals surface area contributed by atoms with Gasteiger partial charge < -0.3 is 0 Å². The summed E-state index contributed by atoms with van der Waals surface area (Å²) in [5.74, 6) is 1.89. The number of nitrogens with zero attached hydrogens (tertiary/aromatic N) is 4. The lowest BCUT2D eigenvalue weighted by Crippen LogP contribution is -2.15. The highest BCUT2D eigenvalue weighted by Crippen LogP contribution is 2.50. The summed E-state index contributed by atoms with van der Waals surface area (Å²) >= 11 is 0. The van der Waals surface area contributed by atoms with Crippen LogP contribution in [0.25, 0.3) is 78.0 Å². The van der Waals surface area contributed by atoms with Gasteiger partial charge in [-0.2, -0.15) is 5.26 Å². The third kappa shape index (κ3) is 4.79. The third-order valence-corrected chi connectivity index (χ3v) is 9.93. The largest absolute Gasteiger partial charge is 0.208 e. The molecule has 49 heavy (non-hydrogen) atoms. The summed E-state index contributed by atoms with van der Waals surface area (Å²) in [6.07, 6.45) is 0. The first-order chi connectivity index (χ1) is 24.0. The normalized spacial score (nSPS) is 12.8. The zero-order valence-corrected chi connectivity index (χ0v) is 27.1. The summed E-state index contributed by atoms with van der Waals surface area (Å²) in [5.41, 5.74) is 10.2. The summed E-state index contributed by atoms with van der Waals surface area (Å²) in [6, 6.07) is 52.9. The maximum atomic E-state index is 9.60. The van der Waals surface area contributed by atoms with E-state index in [9.17, 15) is 5.26 Å². The summed E-state index contributed by atoms with van der Waals surface area (Å²) in [7, 11) is 0. The first-order valence-electron chi connectivity index (χ1n) is 16.5. The Bertz CT molecular complexity index is 2560. The molecular formula is C45H30N4. The van der Waals surface area contributed by atoms with Crippen LogP contribution in [0.2, 0.25) is 0 Å². The van der Waals surface area contributed by atoms with Crippen molar-refractivity contribution in [1.82, 2.24) is 15.0 Å². The first kappa shape index (κ1) is 28.8. The molecule has 0 unspecified atom stereocenters. The third-order valence-electron chi connectivity index (χ3n) is 9.93. The van der Waals surface area contributed by atoms with Gasteiger partial charge in [0.2, 0.25) is 0 Å². The van der Waals surface area contributed by atoms with Gasteiger partial charge in [-0.05, 0) is 85.3 Å². The van der Waals surface area contributed by atoms with Gasteiger partial charge in [-0.1, -0.05) is 129 Å². The minimum absolute atomic E-state index is 0.248. The smallest absolute Gasteiger partial charge is 0.164 e. The fraction of sp³-hybridized carbons (Fsp3) is 0.0667. The van der Waals surface area contributed by atoms with E-state index < -0.39 is 0 Å². The van der Waals surface area contributed by atoms with Gasteiger partial charge in [0.15, 0.2) is 17.5 Å². The highest BCUT2D eigenvalue weighted by Gasteiger charge is 2.36. The molecule has 1 aliphatic carbocycles. The Hall–Kier alpha value is -6.44. The molecule has 4 nitrogen and oxygen atoms in total. The Morgan fingerprint density at radius 2 is 0.918 bits per heavy atom. The van der Waals surface area contributed by atoms with Crippen LogP contribution in [0.4, 0.5) is 0 Å². The Morgan fingerprint density at radius 3 is 1.53 bits per heavy atom. The minimum atomic E-state index is -0.248. The lowest BCUT2D eigenvalue weighted by molar-refractivity contribution is 0.660. The fourth-order valence-corrected chi connectivity index (χ4v) is 7.32. The second-order valence-electron chi connectivity index (χ2n) is 13.2. The van der Waals surface area contributed by atoms with Gasteiger partial charge in [-0.15, -0.1) is 0 Å². The van der Waals surface area contributed by atoms with Gasteiger partial charge in [0.25, 0.3) is 0 Å². The highest BCUT2D eigenvalue weighted by atomic mass is 15.0. The molecule has 0 bridgehead atoms. The molecule has 0 saturated heterocycles. The number of fused-ring (bicyclic) bond motifs is 5. The number of rotatable bonds is 4. The second kappa shape index (κ2) is 11.1. The van der Waals surface area contributed by atoms with Crippen LogP contribution in [0.1, 0.15) is 30.5 Å². The van der Waals surface area contributed by atoms with Crippen LogP contribution in [0.3, 0.4) is 0 Å². The quantitative estimate of drug-likeness (QED) is 0.195. The van der Waals surface area contributed by atoms with E-state index in [0.29, 0.717) is 23.0 Å². The first-order valence-corrected chi connectivity index (χ1v) is 16.5. The Balaban J connectivity index is 1.22. The van der Waals surface area contributed by atoms with E-state index >= 15 is 0 Å². The van der Waals surface area contributed by atoms with Crippen LogP contribution in [0.15, 0.2) is 146 Å². The maximum absolute atomic E-state index is 9.60. The number of nitriles is 1.